The Hall–Kier alpha value is -4.25. The van der Waals surface area contributed by atoms with Crippen molar-refractivity contribution < 1.29 is 0 Å². The summed E-state index contributed by atoms with van der Waals surface area (Å²) in [6.45, 7) is 0. The molecule has 0 fully saturated rings. The average Bonchev–Trinajstić information content (AvgIpc) is 3.76. The topological polar surface area (TPSA) is 21.5 Å². The zero-order valence-electron chi connectivity index (χ0n) is 20.0. The van der Waals surface area contributed by atoms with E-state index in [9.17, 15) is 4.79 Å². The third kappa shape index (κ3) is 1.93. The van der Waals surface area contributed by atoms with Gasteiger partial charge in [-0.05, 0) is 62.2 Å². The van der Waals surface area contributed by atoms with Crippen molar-refractivity contribution in [2.24, 2.45) is 0 Å². The second-order valence-corrected chi connectivity index (χ2v) is 12.2. The van der Waals surface area contributed by atoms with E-state index in [4.69, 9.17) is 0 Å². The highest BCUT2D eigenvalue weighted by molar-refractivity contribution is 7.21. The molecule has 0 unspecified atom stereocenters. The van der Waals surface area contributed by atoms with Crippen LogP contribution in [0.3, 0.4) is 0 Å². The molecule has 0 atom stereocenters. The van der Waals surface area contributed by atoms with Gasteiger partial charge in [0.15, 0.2) is 0 Å². The van der Waals surface area contributed by atoms with Gasteiger partial charge in [0.25, 0.3) is 5.56 Å². The van der Waals surface area contributed by atoms with Gasteiger partial charge in [-0.25, -0.2) is 0 Å². The lowest BCUT2D eigenvalue weighted by Gasteiger charge is -2.28. The number of pyridine rings is 1. The summed E-state index contributed by atoms with van der Waals surface area (Å²) in [5.74, 6) is 0. The van der Waals surface area contributed by atoms with Gasteiger partial charge in [0.05, 0.1) is 16.4 Å². The molecule has 2 aliphatic carbocycles. The fraction of sp³-hybridized carbons (Fsp3) is 0.0294. The Labute approximate surface area is 225 Å². The van der Waals surface area contributed by atoms with Crippen molar-refractivity contribution >= 4 is 60.6 Å². The van der Waals surface area contributed by atoms with Crippen LogP contribution in [-0.4, -0.2) is 4.40 Å². The van der Waals surface area contributed by atoms with Crippen LogP contribution in [0, 0.1) is 0 Å². The monoisotopic (exact) mass is 519 g/mol. The van der Waals surface area contributed by atoms with Crippen molar-refractivity contribution in [2.75, 3.05) is 0 Å². The Morgan fingerprint density at radius 1 is 0.526 bits per heavy atom. The third-order valence-electron chi connectivity index (χ3n) is 8.95. The van der Waals surface area contributed by atoms with Crippen LogP contribution < -0.4 is 5.56 Å². The standard InChI is InChI=1S/C34H17NOS2/c36-33-22-7-2-1-6-18(22)19-9-5-10-20-21-12-13-25-28(30(21)35(33)29(19)20)23-8-3-4-11-24(23)34(25)26-14-16-37-31(26)32-27(34)15-17-38-32/h1-17H. The van der Waals surface area contributed by atoms with E-state index < -0.39 is 0 Å². The summed E-state index contributed by atoms with van der Waals surface area (Å²) in [4.78, 5) is 17.0. The molecule has 0 saturated heterocycles. The van der Waals surface area contributed by atoms with E-state index >= 15 is 0 Å². The largest absolute Gasteiger partial charge is 0.274 e. The predicted octanol–water partition coefficient (Wildman–Crippen LogP) is 8.66. The highest BCUT2D eigenvalue weighted by Crippen LogP contribution is 2.66. The second kappa shape index (κ2) is 6.41. The highest BCUT2D eigenvalue weighted by Gasteiger charge is 2.53. The molecule has 10 rings (SSSR count). The molecule has 4 aromatic heterocycles. The molecule has 1 spiro atoms. The molecule has 4 heteroatoms. The molecule has 2 nitrogen and oxygen atoms in total. The number of hydrogen-bond donors (Lipinski definition) is 0. The molecule has 4 aromatic carbocycles. The minimum Gasteiger partial charge on any atom is -0.274 e. The number of hydrogen-bond acceptors (Lipinski definition) is 3. The lowest BCUT2D eigenvalue weighted by atomic mass is 9.71. The lowest BCUT2D eigenvalue weighted by Crippen LogP contribution is -2.25. The maximum Gasteiger partial charge on any atom is 0.263 e. The smallest absolute Gasteiger partial charge is 0.263 e. The number of rotatable bonds is 0. The van der Waals surface area contributed by atoms with Gasteiger partial charge >= 0.3 is 0 Å². The van der Waals surface area contributed by atoms with Gasteiger partial charge < -0.3 is 0 Å². The van der Waals surface area contributed by atoms with Gasteiger partial charge in [-0.2, -0.15) is 0 Å². The molecule has 0 bridgehead atoms. The summed E-state index contributed by atoms with van der Waals surface area (Å²) >= 11 is 3.68. The Balaban J connectivity index is 1.51. The first-order valence-corrected chi connectivity index (χ1v) is 14.6. The Kier molecular flexibility index (Phi) is 3.34. The number of benzene rings is 4. The summed E-state index contributed by atoms with van der Waals surface area (Å²) in [5.41, 5.74) is 9.57. The third-order valence-corrected chi connectivity index (χ3v) is 10.9. The Bertz CT molecular complexity index is 2340. The van der Waals surface area contributed by atoms with Crippen LogP contribution in [0.2, 0.25) is 0 Å². The number of para-hydroxylation sites is 1. The van der Waals surface area contributed by atoms with E-state index in [-0.39, 0.29) is 11.0 Å². The molecule has 8 aromatic rings. The maximum absolute atomic E-state index is 14.3. The molecular weight excluding hydrogens is 503 g/mol. The molecular formula is C34H17NOS2. The van der Waals surface area contributed by atoms with Crippen LogP contribution in [-0.2, 0) is 5.41 Å². The van der Waals surface area contributed by atoms with Gasteiger partial charge in [0.2, 0.25) is 0 Å². The Morgan fingerprint density at radius 3 is 1.95 bits per heavy atom. The molecule has 38 heavy (non-hydrogen) atoms. The van der Waals surface area contributed by atoms with Crippen LogP contribution in [0.15, 0.2) is 107 Å². The van der Waals surface area contributed by atoms with E-state index in [1.165, 1.54) is 43.1 Å². The summed E-state index contributed by atoms with van der Waals surface area (Å²) in [6, 6.07) is 32.6. The fourth-order valence-corrected chi connectivity index (χ4v) is 9.74. The first-order chi connectivity index (χ1) is 18.8. The van der Waals surface area contributed by atoms with E-state index in [0.717, 1.165) is 38.0 Å². The van der Waals surface area contributed by atoms with Crippen LogP contribution in [0.25, 0.3) is 58.8 Å². The van der Waals surface area contributed by atoms with Crippen molar-refractivity contribution in [3.63, 3.8) is 0 Å². The van der Waals surface area contributed by atoms with Gasteiger partial charge in [-0.1, -0.05) is 72.8 Å². The Morgan fingerprint density at radius 2 is 1.16 bits per heavy atom. The van der Waals surface area contributed by atoms with Crippen LogP contribution in [0.4, 0.5) is 0 Å². The normalized spacial score (nSPS) is 14.6. The van der Waals surface area contributed by atoms with Crippen LogP contribution in [0.1, 0.15) is 22.3 Å². The number of aromatic nitrogens is 1. The minimum absolute atomic E-state index is 0.0602. The quantitative estimate of drug-likeness (QED) is 0.184. The molecule has 0 amide bonds. The van der Waals surface area contributed by atoms with Gasteiger partial charge in [0, 0.05) is 36.9 Å². The van der Waals surface area contributed by atoms with Gasteiger partial charge in [0.1, 0.15) is 0 Å². The molecule has 2 aliphatic rings. The van der Waals surface area contributed by atoms with Crippen molar-refractivity contribution in [3.05, 3.63) is 134 Å². The summed E-state index contributed by atoms with van der Waals surface area (Å²) in [7, 11) is 0. The summed E-state index contributed by atoms with van der Waals surface area (Å²) in [6.07, 6.45) is 0. The molecule has 0 N–H and O–H groups in total. The van der Waals surface area contributed by atoms with E-state index in [1.807, 2.05) is 45.3 Å². The van der Waals surface area contributed by atoms with E-state index in [2.05, 4.69) is 83.6 Å². The first-order valence-electron chi connectivity index (χ1n) is 12.8. The first kappa shape index (κ1) is 19.8. The molecule has 0 saturated carbocycles. The summed E-state index contributed by atoms with van der Waals surface area (Å²) in [5, 5.41) is 9.66. The van der Waals surface area contributed by atoms with Gasteiger partial charge in [-0.15, -0.1) is 22.7 Å². The minimum atomic E-state index is -0.347. The van der Waals surface area contributed by atoms with Crippen molar-refractivity contribution in [1.82, 2.24) is 4.40 Å². The highest BCUT2D eigenvalue weighted by atomic mass is 32.1. The van der Waals surface area contributed by atoms with Crippen molar-refractivity contribution in [1.29, 1.82) is 0 Å². The summed E-state index contributed by atoms with van der Waals surface area (Å²) < 4.78 is 2.02. The zero-order chi connectivity index (χ0) is 24.7. The molecule has 176 valence electrons. The van der Waals surface area contributed by atoms with Crippen molar-refractivity contribution in [3.8, 4) is 20.9 Å². The second-order valence-electron chi connectivity index (χ2n) is 10.4. The SMILES string of the molecule is O=c1c2ccccc2c2cccc3c4ccc5c(c4n1c23)-c1ccccc1C51c2ccsc2-c2sccc21. The van der Waals surface area contributed by atoms with Crippen LogP contribution in [0.5, 0.6) is 0 Å². The van der Waals surface area contributed by atoms with Crippen molar-refractivity contribution in [2.45, 2.75) is 5.41 Å². The molecule has 4 heterocycles. The van der Waals surface area contributed by atoms with E-state index in [1.54, 1.807) is 0 Å². The average molecular weight is 520 g/mol. The van der Waals surface area contributed by atoms with Gasteiger partial charge in [-0.3, -0.25) is 9.20 Å². The number of fused-ring (bicyclic) bond motifs is 16. The lowest BCUT2D eigenvalue weighted by molar-refractivity contribution is 0.798. The number of nitrogens with zero attached hydrogens (tertiary/aromatic N) is 1. The molecule has 0 aliphatic heterocycles. The van der Waals surface area contributed by atoms with Crippen LogP contribution >= 0.6 is 22.7 Å². The fourth-order valence-electron chi connectivity index (χ4n) is 7.64. The molecule has 0 radical (unpaired) electrons. The zero-order valence-corrected chi connectivity index (χ0v) is 21.6. The van der Waals surface area contributed by atoms with E-state index in [0.29, 0.717) is 0 Å². The maximum atomic E-state index is 14.3. The predicted molar refractivity (Wildman–Crippen MR) is 159 cm³/mol. The number of thiophene rings is 2.